The first kappa shape index (κ1) is 16.4. The van der Waals surface area contributed by atoms with Gasteiger partial charge in [-0.1, -0.05) is 13.0 Å². The van der Waals surface area contributed by atoms with Gasteiger partial charge in [-0.15, -0.1) is 0 Å². The summed E-state index contributed by atoms with van der Waals surface area (Å²) in [7, 11) is 0. The zero-order valence-corrected chi connectivity index (χ0v) is 14.0. The van der Waals surface area contributed by atoms with Crippen molar-refractivity contribution < 1.29 is 9.53 Å². The van der Waals surface area contributed by atoms with Crippen molar-refractivity contribution in [1.29, 1.82) is 0 Å². The van der Waals surface area contributed by atoms with Crippen molar-refractivity contribution in [1.82, 2.24) is 14.8 Å². The van der Waals surface area contributed by atoms with Gasteiger partial charge in [0.1, 0.15) is 0 Å². The number of ether oxygens (including phenoxy) is 1. The van der Waals surface area contributed by atoms with Gasteiger partial charge in [0, 0.05) is 57.0 Å². The fourth-order valence-electron chi connectivity index (χ4n) is 3.72. The van der Waals surface area contributed by atoms with E-state index in [1.807, 2.05) is 30.3 Å². The summed E-state index contributed by atoms with van der Waals surface area (Å²) in [5.41, 5.74) is 1.45. The van der Waals surface area contributed by atoms with Gasteiger partial charge in [-0.05, 0) is 24.5 Å². The molecule has 1 aromatic heterocycles. The molecule has 5 nitrogen and oxygen atoms in total. The normalized spacial score (nSPS) is 22.0. The largest absolute Gasteiger partial charge is 0.379 e. The van der Waals surface area contributed by atoms with E-state index in [-0.39, 0.29) is 11.3 Å². The van der Waals surface area contributed by atoms with E-state index in [1.54, 1.807) is 0 Å². The average Bonchev–Trinajstić information content (AvgIpc) is 2.78. The van der Waals surface area contributed by atoms with Crippen LogP contribution in [0, 0.1) is 5.41 Å². The third-order valence-corrected chi connectivity index (χ3v) is 5.13. The molecule has 126 valence electrons. The highest BCUT2D eigenvalue weighted by Crippen LogP contribution is 2.34. The topological polar surface area (TPSA) is 45.7 Å². The zero-order valence-electron chi connectivity index (χ0n) is 14.0. The molecule has 0 aromatic carbocycles. The van der Waals surface area contributed by atoms with E-state index < -0.39 is 0 Å². The molecule has 0 unspecified atom stereocenters. The van der Waals surface area contributed by atoms with Gasteiger partial charge in [-0.3, -0.25) is 14.7 Å². The molecule has 5 heteroatoms. The van der Waals surface area contributed by atoms with Gasteiger partial charge in [0.25, 0.3) is 0 Å². The van der Waals surface area contributed by atoms with Crippen LogP contribution in [0.25, 0.3) is 0 Å². The van der Waals surface area contributed by atoms with Crippen molar-refractivity contribution in [2.45, 2.75) is 32.7 Å². The van der Waals surface area contributed by atoms with E-state index in [9.17, 15) is 4.79 Å². The maximum Gasteiger partial charge on any atom is 0.222 e. The Morgan fingerprint density at radius 1 is 1.35 bits per heavy atom. The van der Waals surface area contributed by atoms with E-state index >= 15 is 0 Å². The molecule has 0 aliphatic carbocycles. The van der Waals surface area contributed by atoms with Gasteiger partial charge in [-0.25, -0.2) is 0 Å². The molecule has 1 spiro atoms. The summed E-state index contributed by atoms with van der Waals surface area (Å²) in [5.74, 6) is 0.279. The minimum absolute atomic E-state index is 0.198. The van der Waals surface area contributed by atoms with E-state index in [4.69, 9.17) is 4.74 Å². The molecule has 2 saturated heterocycles. The molecule has 2 aliphatic rings. The lowest BCUT2D eigenvalue weighted by molar-refractivity contribution is -0.133. The van der Waals surface area contributed by atoms with Crippen LogP contribution in [0.3, 0.4) is 0 Å². The summed E-state index contributed by atoms with van der Waals surface area (Å²) < 4.78 is 5.92. The molecule has 0 bridgehead atoms. The Morgan fingerprint density at radius 2 is 2.17 bits per heavy atom. The van der Waals surface area contributed by atoms with Crippen LogP contribution in [0.5, 0.6) is 0 Å². The first-order valence-electron chi connectivity index (χ1n) is 8.68. The number of carbonyl (C=O) groups excluding carboxylic acids is 1. The molecule has 3 rings (SSSR count). The zero-order chi connectivity index (χ0) is 16.1. The van der Waals surface area contributed by atoms with Gasteiger partial charge in [-0.2, -0.15) is 0 Å². The van der Waals surface area contributed by atoms with E-state index in [2.05, 4.69) is 16.0 Å². The molecule has 0 saturated carbocycles. The second-order valence-corrected chi connectivity index (χ2v) is 6.86. The molecule has 0 radical (unpaired) electrons. The molecule has 3 heterocycles. The summed E-state index contributed by atoms with van der Waals surface area (Å²) in [5, 5.41) is 0. The van der Waals surface area contributed by atoms with Crippen LogP contribution < -0.4 is 0 Å². The Hall–Kier alpha value is -1.46. The van der Waals surface area contributed by atoms with Crippen molar-refractivity contribution in [3.63, 3.8) is 0 Å². The minimum atomic E-state index is 0.198. The van der Waals surface area contributed by atoms with Crippen molar-refractivity contribution in [3.8, 4) is 0 Å². The SMILES string of the molecule is CCC(=O)N1CCC2(CC1)COCCN(Cc1cccnc1)C2. The Labute approximate surface area is 138 Å². The van der Waals surface area contributed by atoms with Crippen LogP contribution in [0.4, 0.5) is 0 Å². The lowest BCUT2D eigenvalue weighted by atomic mass is 9.78. The molecule has 2 fully saturated rings. The van der Waals surface area contributed by atoms with Crippen LogP contribution >= 0.6 is 0 Å². The van der Waals surface area contributed by atoms with Gasteiger partial charge in [0.2, 0.25) is 5.91 Å². The fourth-order valence-corrected chi connectivity index (χ4v) is 3.72. The van der Waals surface area contributed by atoms with Gasteiger partial charge in [0.05, 0.1) is 13.2 Å². The van der Waals surface area contributed by atoms with E-state index in [1.165, 1.54) is 5.56 Å². The first-order valence-corrected chi connectivity index (χ1v) is 8.68. The maximum atomic E-state index is 11.9. The van der Waals surface area contributed by atoms with Crippen molar-refractivity contribution in [2.75, 3.05) is 39.4 Å². The third kappa shape index (κ3) is 4.09. The van der Waals surface area contributed by atoms with E-state index in [0.717, 1.165) is 58.8 Å². The van der Waals surface area contributed by atoms with Gasteiger partial charge in [0.15, 0.2) is 0 Å². The Kier molecular flexibility index (Phi) is 5.28. The van der Waals surface area contributed by atoms with Crippen molar-refractivity contribution >= 4 is 5.91 Å². The summed E-state index contributed by atoms with van der Waals surface area (Å²) in [6, 6.07) is 4.13. The molecule has 23 heavy (non-hydrogen) atoms. The quantitative estimate of drug-likeness (QED) is 0.854. The number of carbonyl (C=O) groups is 1. The number of amides is 1. The van der Waals surface area contributed by atoms with Gasteiger partial charge < -0.3 is 9.64 Å². The first-order chi connectivity index (χ1) is 11.2. The number of likely N-dealkylation sites (tertiary alicyclic amines) is 1. The molecular formula is C18H27N3O2. The Balaban J connectivity index is 1.62. The molecule has 0 atom stereocenters. The molecular weight excluding hydrogens is 290 g/mol. The number of hydrogen-bond donors (Lipinski definition) is 0. The molecule has 2 aliphatic heterocycles. The minimum Gasteiger partial charge on any atom is -0.379 e. The summed E-state index contributed by atoms with van der Waals surface area (Å²) in [6.07, 6.45) is 6.46. The summed E-state index contributed by atoms with van der Waals surface area (Å²) in [6.45, 7) is 8.25. The lowest BCUT2D eigenvalue weighted by Gasteiger charge is -2.42. The maximum absolute atomic E-state index is 11.9. The summed E-state index contributed by atoms with van der Waals surface area (Å²) in [4.78, 5) is 20.6. The van der Waals surface area contributed by atoms with Crippen molar-refractivity contribution in [3.05, 3.63) is 30.1 Å². The van der Waals surface area contributed by atoms with Crippen LogP contribution in [0.2, 0.25) is 0 Å². The highest BCUT2D eigenvalue weighted by atomic mass is 16.5. The highest BCUT2D eigenvalue weighted by Gasteiger charge is 2.38. The number of hydrogen-bond acceptors (Lipinski definition) is 4. The Bertz CT molecular complexity index is 512. The number of piperidine rings is 1. The lowest BCUT2D eigenvalue weighted by Crippen LogP contribution is -2.48. The smallest absolute Gasteiger partial charge is 0.222 e. The number of nitrogens with zero attached hydrogens (tertiary/aromatic N) is 3. The number of pyridine rings is 1. The van der Waals surface area contributed by atoms with Crippen molar-refractivity contribution in [2.24, 2.45) is 5.41 Å². The van der Waals surface area contributed by atoms with Gasteiger partial charge >= 0.3 is 0 Å². The van der Waals surface area contributed by atoms with Crippen LogP contribution in [0.1, 0.15) is 31.7 Å². The second kappa shape index (κ2) is 7.41. The fraction of sp³-hybridized carbons (Fsp3) is 0.667. The molecule has 1 aromatic rings. The number of aromatic nitrogens is 1. The highest BCUT2D eigenvalue weighted by molar-refractivity contribution is 5.75. The average molecular weight is 317 g/mol. The van der Waals surface area contributed by atoms with Crippen LogP contribution in [0.15, 0.2) is 24.5 Å². The second-order valence-electron chi connectivity index (χ2n) is 6.86. The molecule has 1 amide bonds. The predicted molar refractivity (Wildman–Crippen MR) is 88.9 cm³/mol. The number of rotatable bonds is 3. The van der Waals surface area contributed by atoms with E-state index in [0.29, 0.717) is 6.42 Å². The summed E-state index contributed by atoms with van der Waals surface area (Å²) >= 11 is 0. The Morgan fingerprint density at radius 3 is 2.87 bits per heavy atom. The molecule has 0 N–H and O–H groups in total. The monoisotopic (exact) mass is 317 g/mol. The van der Waals surface area contributed by atoms with Crippen LogP contribution in [-0.2, 0) is 16.1 Å². The predicted octanol–water partition coefficient (Wildman–Crippen LogP) is 1.93. The standard InChI is InChI=1S/C18H27N3O2/c1-2-17(22)21-8-5-18(6-9-21)14-20(10-11-23-15-18)13-16-4-3-7-19-12-16/h3-4,7,12H,2,5-6,8-11,13-15H2,1H3. The third-order valence-electron chi connectivity index (χ3n) is 5.13. The van der Waals surface area contributed by atoms with Crippen LogP contribution in [-0.4, -0.2) is 60.1 Å².